The van der Waals surface area contributed by atoms with Gasteiger partial charge in [0.2, 0.25) is 0 Å². The minimum absolute atomic E-state index is 1.09. The lowest BCUT2D eigenvalue weighted by molar-refractivity contribution is 1.18. The van der Waals surface area contributed by atoms with Crippen LogP contribution in [0.2, 0.25) is 0 Å². The molecule has 4 heteroatoms. The maximum absolute atomic E-state index is 2.39. The Kier molecular flexibility index (Phi) is 8.92. The summed E-state index contributed by atoms with van der Waals surface area (Å²) in [6.07, 6.45) is 6.47. The van der Waals surface area contributed by atoms with Crippen molar-refractivity contribution in [1.82, 2.24) is 9.13 Å². The van der Waals surface area contributed by atoms with Crippen LogP contribution in [-0.2, 0) is 0 Å². The Hall–Kier alpha value is -7.56. The van der Waals surface area contributed by atoms with Crippen LogP contribution < -0.4 is 9.80 Å². The number of hydrogen-bond donors (Lipinski definition) is 0. The van der Waals surface area contributed by atoms with E-state index in [1.807, 2.05) is 0 Å². The van der Waals surface area contributed by atoms with Crippen LogP contribution in [0.15, 0.2) is 218 Å². The number of para-hydroxylation sites is 5. The van der Waals surface area contributed by atoms with Crippen molar-refractivity contribution in [2.75, 3.05) is 9.80 Å². The summed E-state index contributed by atoms with van der Waals surface area (Å²) in [7, 11) is 0. The van der Waals surface area contributed by atoms with Crippen LogP contribution in [0.1, 0.15) is 13.8 Å². The molecular formula is C54H42N4. The molecule has 0 amide bonds. The molecule has 0 atom stereocenters. The molecule has 58 heavy (non-hydrogen) atoms. The van der Waals surface area contributed by atoms with Crippen molar-refractivity contribution < 1.29 is 0 Å². The fourth-order valence-corrected chi connectivity index (χ4v) is 8.61. The minimum atomic E-state index is 1.09. The summed E-state index contributed by atoms with van der Waals surface area (Å²) >= 11 is 0. The van der Waals surface area contributed by atoms with E-state index in [4.69, 9.17) is 0 Å². The Morgan fingerprint density at radius 2 is 0.776 bits per heavy atom. The molecule has 2 heterocycles. The molecule has 0 N–H and O–H groups in total. The lowest BCUT2D eigenvalue weighted by atomic mass is 10.1. The molecule has 0 fully saturated rings. The normalized spacial score (nSPS) is 12.0. The SMILES string of the molecule is C/C=C\C(=C/C)n1c2ccccc2c2cc(N(c3ccccc3)c3ccc4c(c3)c3cc(N(c5ccccc5)c5ccccc5)ccc3n4-c3ccccc3)ccc21. The van der Waals surface area contributed by atoms with Crippen molar-refractivity contribution >= 4 is 83.4 Å². The van der Waals surface area contributed by atoms with Crippen molar-refractivity contribution in [2.24, 2.45) is 0 Å². The van der Waals surface area contributed by atoms with Gasteiger partial charge in [-0.05, 0) is 129 Å². The van der Waals surface area contributed by atoms with E-state index in [9.17, 15) is 0 Å². The molecule has 10 rings (SSSR count). The minimum Gasteiger partial charge on any atom is -0.310 e. The van der Waals surface area contributed by atoms with E-state index < -0.39 is 0 Å². The van der Waals surface area contributed by atoms with E-state index in [1.54, 1.807) is 0 Å². The first-order chi connectivity index (χ1) is 28.7. The summed E-state index contributed by atoms with van der Waals surface area (Å²) in [6.45, 7) is 4.18. The Morgan fingerprint density at radius 1 is 0.379 bits per heavy atom. The number of anilines is 6. The summed E-state index contributed by atoms with van der Waals surface area (Å²) in [4.78, 5) is 4.73. The van der Waals surface area contributed by atoms with Gasteiger partial charge < -0.3 is 18.9 Å². The fraction of sp³-hybridized carbons (Fsp3) is 0.0370. The summed E-state index contributed by atoms with van der Waals surface area (Å²) in [5.41, 5.74) is 13.6. The summed E-state index contributed by atoms with van der Waals surface area (Å²) in [5, 5.41) is 4.81. The zero-order valence-corrected chi connectivity index (χ0v) is 32.6. The zero-order valence-electron chi connectivity index (χ0n) is 32.6. The van der Waals surface area contributed by atoms with Gasteiger partial charge in [-0.1, -0.05) is 103 Å². The lowest BCUT2D eigenvalue weighted by Gasteiger charge is -2.26. The van der Waals surface area contributed by atoms with Crippen LogP contribution in [0.5, 0.6) is 0 Å². The molecular weight excluding hydrogens is 705 g/mol. The van der Waals surface area contributed by atoms with E-state index in [0.29, 0.717) is 0 Å². The van der Waals surface area contributed by atoms with Gasteiger partial charge in [0.25, 0.3) is 0 Å². The average Bonchev–Trinajstić information content (AvgIpc) is 3.79. The molecule has 0 radical (unpaired) electrons. The molecule has 10 aromatic rings. The molecule has 0 saturated carbocycles. The first-order valence-electron chi connectivity index (χ1n) is 19.9. The number of fused-ring (bicyclic) bond motifs is 6. The molecule has 4 nitrogen and oxygen atoms in total. The van der Waals surface area contributed by atoms with Crippen molar-refractivity contribution in [3.8, 4) is 5.69 Å². The number of rotatable bonds is 9. The monoisotopic (exact) mass is 746 g/mol. The van der Waals surface area contributed by atoms with E-state index in [1.165, 1.54) is 32.6 Å². The number of nitrogens with zero attached hydrogens (tertiary/aromatic N) is 4. The summed E-state index contributed by atoms with van der Waals surface area (Å²) < 4.78 is 4.77. The van der Waals surface area contributed by atoms with Gasteiger partial charge >= 0.3 is 0 Å². The Labute approximate surface area is 339 Å². The van der Waals surface area contributed by atoms with E-state index in [0.717, 1.165) is 56.5 Å². The second-order valence-electron chi connectivity index (χ2n) is 14.5. The number of aromatic nitrogens is 2. The van der Waals surface area contributed by atoms with Crippen LogP contribution in [-0.4, -0.2) is 9.13 Å². The van der Waals surface area contributed by atoms with Crippen molar-refractivity contribution in [1.29, 1.82) is 0 Å². The first-order valence-corrected chi connectivity index (χ1v) is 19.9. The molecule has 0 aliphatic rings. The highest BCUT2D eigenvalue weighted by Gasteiger charge is 2.21. The highest BCUT2D eigenvalue weighted by molar-refractivity contribution is 6.13. The predicted molar refractivity (Wildman–Crippen MR) is 248 cm³/mol. The van der Waals surface area contributed by atoms with Gasteiger partial charge in [-0.25, -0.2) is 0 Å². The third-order valence-electron chi connectivity index (χ3n) is 11.1. The Morgan fingerprint density at radius 3 is 1.26 bits per heavy atom. The maximum atomic E-state index is 2.39. The third kappa shape index (κ3) is 5.94. The van der Waals surface area contributed by atoms with Gasteiger partial charge in [0, 0.05) is 67.1 Å². The molecule has 0 aliphatic heterocycles. The summed E-state index contributed by atoms with van der Waals surface area (Å²) in [5.74, 6) is 0. The molecule has 0 aliphatic carbocycles. The van der Waals surface area contributed by atoms with Crippen LogP contribution in [0.4, 0.5) is 34.1 Å². The smallest absolute Gasteiger partial charge is 0.0542 e. The highest BCUT2D eigenvalue weighted by Crippen LogP contribution is 2.44. The summed E-state index contributed by atoms with van der Waals surface area (Å²) in [6, 6.07) is 72.1. The second kappa shape index (κ2) is 14.8. The number of hydrogen-bond acceptors (Lipinski definition) is 2. The molecule has 2 aromatic heterocycles. The number of allylic oxidation sites excluding steroid dienone is 4. The molecule has 0 bridgehead atoms. The van der Waals surface area contributed by atoms with Crippen LogP contribution in [0.3, 0.4) is 0 Å². The van der Waals surface area contributed by atoms with Crippen molar-refractivity contribution in [3.63, 3.8) is 0 Å². The highest BCUT2D eigenvalue weighted by atomic mass is 15.2. The van der Waals surface area contributed by atoms with Crippen molar-refractivity contribution in [3.05, 3.63) is 218 Å². The molecule has 0 unspecified atom stereocenters. The molecule has 0 spiro atoms. The van der Waals surface area contributed by atoms with Crippen LogP contribution in [0, 0.1) is 0 Å². The number of benzene rings is 8. The van der Waals surface area contributed by atoms with Gasteiger partial charge in [0.1, 0.15) is 0 Å². The van der Waals surface area contributed by atoms with Gasteiger partial charge in [-0.3, -0.25) is 0 Å². The van der Waals surface area contributed by atoms with Crippen molar-refractivity contribution in [2.45, 2.75) is 13.8 Å². The standard InChI is InChI=1S/C54H42N4/c1-3-19-39(4-2)57-51-29-18-17-28-47(51)48-36-45(31-33-52(48)57)56(42-24-13-7-14-25-42)46-32-35-54-50(38-46)49-37-44(30-34-53(49)58(54)43-26-15-8-16-27-43)55(40-20-9-5-10-21-40)41-22-11-6-12-23-41/h3-38H,1-2H3/b19-3-,39-4+. The van der Waals surface area contributed by atoms with Gasteiger partial charge in [-0.15, -0.1) is 0 Å². The van der Waals surface area contributed by atoms with Crippen LogP contribution in [0.25, 0.3) is 55.0 Å². The predicted octanol–water partition coefficient (Wildman–Crippen LogP) is 15.3. The van der Waals surface area contributed by atoms with Crippen LogP contribution >= 0.6 is 0 Å². The van der Waals surface area contributed by atoms with E-state index in [-0.39, 0.29) is 0 Å². The Balaban J connectivity index is 1.21. The molecule has 8 aromatic carbocycles. The van der Waals surface area contributed by atoms with Gasteiger partial charge in [-0.2, -0.15) is 0 Å². The fourth-order valence-electron chi connectivity index (χ4n) is 8.61. The lowest BCUT2D eigenvalue weighted by Crippen LogP contribution is -2.10. The first kappa shape index (κ1) is 34.9. The van der Waals surface area contributed by atoms with E-state index >= 15 is 0 Å². The quantitative estimate of drug-likeness (QED) is 0.137. The van der Waals surface area contributed by atoms with Gasteiger partial charge in [0.05, 0.1) is 22.1 Å². The maximum Gasteiger partial charge on any atom is 0.0542 e. The topological polar surface area (TPSA) is 16.3 Å². The van der Waals surface area contributed by atoms with E-state index in [2.05, 4.69) is 251 Å². The largest absolute Gasteiger partial charge is 0.310 e. The average molecular weight is 747 g/mol. The third-order valence-corrected chi connectivity index (χ3v) is 11.1. The Bertz CT molecular complexity index is 3080. The second-order valence-corrected chi connectivity index (χ2v) is 14.5. The molecule has 0 saturated heterocycles. The zero-order chi connectivity index (χ0) is 39.0. The van der Waals surface area contributed by atoms with Gasteiger partial charge in [0.15, 0.2) is 0 Å². The molecule has 278 valence electrons.